The van der Waals surface area contributed by atoms with E-state index in [-0.39, 0.29) is 18.0 Å². The Kier molecular flexibility index (Phi) is 7.67. The highest BCUT2D eigenvalue weighted by molar-refractivity contribution is 7.89. The lowest BCUT2D eigenvalue weighted by atomic mass is 10.1. The maximum atomic E-state index is 13.6. The molecule has 2 N–H and O–H groups in total. The molecule has 0 radical (unpaired) electrons. The maximum absolute atomic E-state index is 13.6. The Bertz CT molecular complexity index is 1140. The van der Waals surface area contributed by atoms with Gasteiger partial charge < -0.3 is 24.7 Å². The van der Waals surface area contributed by atoms with Crippen molar-refractivity contribution in [3.05, 3.63) is 71.8 Å². The molecule has 0 fully saturated rings. The van der Waals surface area contributed by atoms with E-state index < -0.39 is 10.0 Å². The summed E-state index contributed by atoms with van der Waals surface area (Å²) in [5.41, 5.74) is 7.72. The van der Waals surface area contributed by atoms with Crippen LogP contribution < -0.4 is 24.7 Å². The lowest BCUT2D eigenvalue weighted by Crippen LogP contribution is -2.30. The molecule has 0 spiro atoms. The van der Waals surface area contributed by atoms with Crippen molar-refractivity contribution in [2.75, 3.05) is 34.2 Å². The largest absolute Gasteiger partial charge is 0.493 e. The molecular weight excluding hydrogens is 444 g/mol. The van der Waals surface area contributed by atoms with E-state index in [2.05, 4.69) is 0 Å². The molecule has 0 saturated carbocycles. The van der Waals surface area contributed by atoms with E-state index in [1.807, 2.05) is 12.1 Å². The zero-order chi connectivity index (χ0) is 24.0. The van der Waals surface area contributed by atoms with Crippen LogP contribution >= 0.6 is 0 Å². The van der Waals surface area contributed by atoms with Gasteiger partial charge in [-0.15, -0.1) is 0 Å². The molecule has 3 aromatic rings. The summed E-state index contributed by atoms with van der Waals surface area (Å²) < 4.78 is 49.9. The van der Waals surface area contributed by atoms with Gasteiger partial charge in [0.2, 0.25) is 10.0 Å². The molecule has 8 nitrogen and oxygen atoms in total. The first-order valence-corrected chi connectivity index (χ1v) is 11.5. The summed E-state index contributed by atoms with van der Waals surface area (Å²) in [7, 11) is 2.32. The van der Waals surface area contributed by atoms with Crippen LogP contribution in [-0.4, -0.2) is 41.2 Å². The molecule has 176 valence electrons. The Morgan fingerprint density at radius 1 is 0.667 bits per heavy atom. The van der Waals surface area contributed by atoms with E-state index >= 15 is 0 Å². The third-order valence-corrected chi connectivity index (χ3v) is 6.94. The Balaban J connectivity index is 2.02. The van der Waals surface area contributed by atoms with Crippen molar-refractivity contribution in [3.63, 3.8) is 0 Å². The van der Waals surface area contributed by atoms with Gasteiger partial charge in [0.15, 0.2) is 23.0 Å². The number of nitrogens with zero attached hydrogens (tertiary/aromatic N) is 1. The molecule has 0 aliphatic heterocycles. The number of hydrogen-bond donors (Lipinski definition) is 1. The molecule has 3 rings (SSSR count). The van der Waals surface area contributed by atoms with Gasteiger partial charge in [-0.05, 0) is 59.7 Å². The molecule has 0 heterocycles. The molecule has 0 unspecified atom stereocenters. The van der Waals surface area contributed by atoms with Gasteiger partial charge in [0, 0.05) is 18.8 Å². The number of rotatable bonds is 10. The number of ether oxygens (including phenoxy) is 4. The summed E-state index contributed by atoms with van der Waals surface area (Å²) >= 11 is 0. The van der Waals surface area contributed by atoms with Gasteiger partial charge in [0.05, 0.1) is 33.3 Å². The molecule has 0 aromatic heterocycles. The van der Waals surface area contributed by atoms with Gasteiger partial charge in [-0.3, -0.25) is 0 Å². The highest BCUT2D eigenvalue weighted by Gasteiger charge is 2.26. The van der Waals surface area contributed by atoms with E-state index in [0.717, 1.165) is 11.1 Å². The first-order valence-electron chi connectivity index (χ1n) is 10.1. The molecule has 0 aliphatic carbocycles. The molecular formula is C24H28N2O6S. The van der Waals surface area contributed by atoms with Crippen molar-refractivity contribution in [2.45, 2.75) is 18.0 Å². The molecule has 9 heteroatoms. The Morgan fingerprint density at radius 3 is 1.48 bits per heavy atom. The van der Waals surface area contributed by atoms with Gasteiger partial charge in [-0.2, -0.15) is 4.31 Å². The summed E-state index contributed by atoms with van der Waals surface area (Å²) in [6, 6.07) is 16.8. The van der Waals surface area contributed by atoms with Crippen LogP contribution in [0.4, 0.5) is 5.69 Å². The quantitative estimate of drug-likeness (QED) is 0.449. The monoisotopic (exact) mass is 472 g/mol. The maximum Gasteiger partial charge on any atom is 0.243 e. The predicted molar refractivity (Wildman–Crippen MR) is 126 cm³/mol. The molecule has 0 aliphatic rings. The van der Waals surface area contributed by atoms with Crippen LogP contribution in [0.2, 0.25) is 0 Å². The van der Waals surface area contributed by atoms with Crippen LogP contribution in [0.3, 0.4) is 0 Å². The van der Waals surface area contributed by atoms with Gasteiger partial charge >= 0.3 is 0 Å². The predicted octanol–water partition coefficient (Wildman–Crippen LogP) is 3.69. The number of benzene rings is 3. The van der Waals surface area contributed by atoms with Crippen molar-refractivity contribution in [1.82, 2.24) is 4.31 Å². The summed E-state index contributed by atoms with van der Waals surface area (Å²) in [4.78, 5) is 0.151. The minimum absolute atomic E-state index is 0.113. The molecule has 0 saturated heterocycles. The minimum atomic E-state index is -3.85. The lowest BCUT2D eigenvalue weighted by molar-refractivity contribution is 0.351. The number of hydrogen-bond acceptors (Lipinski definition) is 7. The fraction of sp³-hybridized carbons (Fsp3) is 0.250. The number of anilines is 1. The first-order chi connectivity index (χ1) is 15.8. The van der Waals surface area contributed by atoms with E-state index in [4.69, 9.17) is 24.7 Å². The zero-order valence-corrected chi connectivity index (χ0v) is 19.9. The number of methoxy groups -OCH3 is 4. The van der Waals surface area contributed by atoms with Crippen molar-refractivity contribution in [3.8, 4) is 23.0 Å². The topological polar surface area (TPSA) is 100 Å². The fourth-order valence-corrected chi connectivity index (χ4v) is 4.80. The number of nitrogen functional groups attached to an aromatic ring is 1. The Labute approximate surface area is 194 Å². The van der Waals surface area contributed by atoms with Crippen molar-refractivity contribution in [1.29, 1.82) is 0 Å². The fourth-order valence-electron chi connectivity index (χ4n) is 3.38. The summed E-state index contributed by atoms with van der Waals surface area (Å²) in [5, 5.41) is 0. The van der Waals surface area contributed by atoms with E-state index in [1.54, 1.807) is 50.6 Å². The minimum Gasteiger partial charge on any atom is -0.493 e. The molecule has 0 bridgehead atoms. The molecule has 3 aromatic carbocycles. The van der Waals surface area contributed by atoms with Gasteiger partial charge in [-0.1, -0.05) is 12.1 Å². The third kappa shape index (κ3) is 5.50. The Hall–Kier alpha value is -3.43. The summed E-state index contributed by atoms with van der Waals surface area (Å²) in [6.45, 7) is 0.225. The second kappa shape index (κ2) is 10.5. The van der Waals surface area contributed by atoms with Crippen molar-refractivity contribution in [2.24, 2.45) is 0 Å². The van der Waals surface area contributed by atoms with Crippen molar-refractivity contribution < 1.29 is 27.4 Å². The average Bonchev–Trinajstić information content (AvgIpc) is 2.83. The number of sulfonamides is 1. The van der Waals surface area contributed by atoms with Gasteiger partial charge in [0.25, 0.3) is 0 Å². The summed E-state index contributed by atoms with van der Waals surface area (Å²) in [5.74, 6) is 2.17. The average molecular weight is 473 g/mol. The van der Waals surface area contributed by atoms with Crippen LogP contribution in [0.5, 0.6) is 23.0 Å². The van der Waals surface area contributed by atoms with Gasteiger partial charge in [0.1, 0.15) is 0 Å². The second-order valence-electron chi connectivity index (χ2n) is 7.22. The highest BCUT2D eigenvalue weighted by atomic mass is 32.2. The number of nitrogens with two attached hydrogens (primary N) is 1. The molecule has 0 atom stereocenters. The van der Waals surface area contributed by atoms with Crippen molar-refractivity contribution >= 4 is 15.7 Å². The first kappa shape index (κ1) is 24.2. The normalized spacial score (nSPS) is 11.3. The van der Waals surface area contributed by atoms with E-state index in [0.29, 0.717) is 28.7 Å². The highest BCUT2D eigenvalue weighted by Crippen LogP contribution is 2.31. The van der Waals surface area contributed by atoms with Crippen LogP contribution in [0.25, 0.3) is 0 Å². The zero-order valence-electron chi connectivity index (χ0n) is 19.1. The van der Waals surface area contributed by atoms with E-state index in [1.165, 1.54) is 30.7 Å². The smallest absolute Gasteiger partial charge is 0.243 e. The Morgan fingerprint density at radius 2 is 1.09 bits per heavy atom. The standard InChI is InChI=1S/C24H28N2O6S/c1-29-21-11-5-17(13-23(21)31-3)15-26(33(27,28)20-9-7-19(25)8-10-20)16-18-6-12-22(30-2)24(14-18)32-4/h5-14H,15-16,25H2,1-4H3. The van der Waals surface area contributed by atoms with Crippen LogP contribution in [0.15, 0.2) is 65.6 Å². The van der Waals surface area contributed by atoms with Crippen LogP contribution in [-0.2, 0) is 23.1 Å². The SMILES string of the molecule is COc1ccc(CN(Cc2ccc(OC)c(OC)c2)S(=O)(=O)c2ccc(N)cc2)cc1OC. The lowest BCUT2D eigenvalue weighted by Gasteiger charge is -2.23. The molecule has 33 heavy (non-hydrogen) atoms. The van der Waals surface area contributed by atoms with Crippen LogP contribution in [0.1, 0.15) is 11.1 Å². The van der Waals surface area contributed by atoms with E-state index in [9.17, 15) is 8.42 Å². The molecule has 0 amide bonds. The summed E-state index contributed by atoms with van der Waals surface area (Å²) in [6.07, 6.45) is 0. The van der Waals surface area contributed by atoms with Gasteiger partial charge in [-0.25, -0.2) is 8.42 Å². The second-order valence-corrected chi connectivity index (χ2v) is 9.16. The third-order valence-electron chi connectivity index (χ3n) is 5.13. The van der Waals surface area contributed by atoms with Crippen LogP contribution in [0, 0.1) is 0 Å².